The second kappa shape index (κ2) is 8.16. The monoisotopic (exact) mass is 348 g/mol. The summed E-state index contributed by atoms with van der Waals surface area (Å²) in [5, 5.41) is 5.63. The lowest BCUT2D eigenvalue weighted by Gasteiger charge is -2.12. The molecule has 0 fully saturated rings. The Morgan fingerprint density at radius 2 is 1.73 bits per heavy atom. The van der Waals surface area contributed by atoms with Crippen LogP contribution < -0.4 is 10.6 Å². The van der Waals surface area contributed by atoms with Crippen LogP contribution >= 0.6 is 0 Å². The summed E-state index contributed by atoms with van der Waals surface area (Å²) >= 11 is 0. The number of anilines is 1. The molecule has 0 spiro atoms. The van der Waals surface area contributed by atoms with Crippen molar-refractivity contribution in [3.8, 4) is 0 Å². The topological polar surface area (TPSA) is 71.3 Å². The molecule has 2 aromatic carbocycles. The minimum atomic E-state index is -0.270. The summed E-state index contributed by atoms with van der Waals surface area (Å²) in [5.41, 5.74) is 2.93. The van der Waals surface area contributed by atoms with E-state index in [9.17, 15) is 9.59 Å². The van der Waals surface area contributed by atoms with Crippen LogP contribution in [0.1, 0.15) is 27.2 Å². The first kappa shape index (κ1) is 17.5. The third kappa shape index (κ3) is 4.39. The van der Waals surface area contributed by atoms with Crippen molar-refractivity contribution in [3.63, 3.8) is 0 Å². The van der Waals surface area contributed by atoms with E-state index in [1.165, 1.54) is 0 Å². The van der Waals surface area contributed by atoms with E-state index in [0.717, 1.165) is 11.1 Å². The van der Waals surface area contributed by atoms with Gasteiger partial charge in [0.2, 0.25) is 5.91 Å². The van der Waals surface area contributed by atoms with Gasteiger partial charge in [0, 0.05) is 0 Å². The van der Waals surface area contributed by atoms with E-state index in [1.54, 1.807) is 42.7 Å². The summed E-state index contributed by atoms with van der Waals surface area (Å²) in [6.45, 7) is 2.26. The maximum absolute atomic E-state index is 12.5. The quantitative estimate of drug-likeness (QED) is 0.713. The number of aryl methyl sites for hydroxylation is 1. The zero-order valence-corrected chi connectivity index (χ0v) is 14.5. The second-order valence-corrected chi connectivity index (χ2v) is 5.96. The Labute approximate surface area is 152 Å². The molecule has 132 valence electrons. The molecule has 1 heterocycles. The molecule has 0 atom stereocenters. The van der Waals surface area contributed by atoms with E-state index in [2.05, 4.69) is 10.6 Å². The largest absolute Gasteiger partial charge is 0.467 e. The average molecular weight is 348 g/mol. The lowest BCUT2D eigenvalue weighted by Crippen LogP contribution is -2.25. The van der Waals surface area contributed by atoms with Gasteiger partial charge in [-0.25, -0.2) is 0 Å². The van der Waals surface area contributed by atoms with Gasteiger partial charge in [-0.3, -0.25) is 9.59 Å². The number of nitrogens with one attached hydrogen (secondary N) is 2. The minimum Gasteiger partial charge on any atom is -0.467 e. The zero-order valence-electron chi connectivity index (χ0n) is 14.5. The van der Waals surface area contributed by atoms with Crippen LogP contribution in [-0.2, 0) is 17.8 Å². The van der Waals surface area contributed by atoms with Crippen LogP contribution in [0.4, 0.5) is 5.69 Å². The lowest BCUT2D eigenvalue weighted by atomic mass is 10.1. The predicted molar refractivity (Wildman–Crippen MR) is 99.8 cm³/mol. The van der Waals surface area contributed by atoms with Crippen LogP contribution in [0.15, 0.2) is 71.3 Å². The van der Waals surface area contributed by atoms with E-state index < -0.39 is 0 Å². The van der Waals surface area contributed by atoms with Gasteiger partial charge in [-0.15, -0.1) is 0 Å². The van der Waals surface area contributed by atoms with E-state index in [4.69, 9.17) is 4.42 Å². The molecular weight excluding hydrogens is 328 g/mol. The first-order chi connectivity index (χ1) is 12.6. The summed E-state index contributed by atoms with van der Waals surface area (Å²) in [7, 11) is 0. The molecule has 0 unspecified atom stereocenters. The molecule has 0 radical (unpaired) electrons. The van der Waals surface area contributed by atoms with Crippen molar-refractivity contribution in [2.75, 3.05) is 5.32 Å². The molecule has 1 aromatic heterocycles. The van der Waals surface area contributed by atoms with E-state index in [1.807, 2.05) is 31.2 Å². The van der Waals surface area contributed by atoms with Gasteiger partial charge in [-0.05, 0) is 42.3 Å². The number of rotatable bonds is 6. The van der Waals surface area contributed by atoms with Crippen molar-refractivity contribution in [3.05, 3.63) is 89.4 Å². The maximum atomic E-state index is 12.5. The Morgan fingerprint density at radius 3 is 2.50 bits per heavy atom. The van der Waals surface area contributed by atoms with Crippen molar-refractivity contribution in [1.82, 2.24) is 5.32 Å². The molecule has 26 heavy (non-hydrogen) atoms. The Hall–Kier alpha value is -3.34. The van der Waals surface area contributed by atoms with Crippen LogP contribution in [-0.4, -0.2) is 11.8 Å². The minimum absolute atomic E-state index is 0.161. The second-order valence-electron chi connectivity index (χ2n) is 5.96. The van der Waals surface area contributed by atoms with Crippen LogP contribution in [0, 0.1) is 6.92 Å². The first-order valence-electron chi connectivity index (χ1n) is 8.37. The standard InChI is InChI=1S/C21H20N2O3/c1-15-7-2-3-8-16(15)13-20(24)23-19-11-5-4-10-18(19)21(25)22-14-17-9-6-12-26-17/h2-12H,13-14H2,1H3,(H,22,25)(H,23,24). The third-order valence-corrected chi connectivity index (χ3v) is 4.06. The molecule has 3 aromatic rings. The molecule has 2 N–H and O–H groups in total. The summed E-state index contributed by atoms with van der Waals surface area (Å²) < 4.78 is 5.21. The predicted octanol–water partition coefficient (Wildman–Crippen LogP) is 3.70. The van der Waals surface area contributed by atoms with E-state index in [-0.39, 0.29) is 24.8 Å². The Kier molecular flexibility index (Phi) is 5.49. The van der Waals surface area contributed by atoms with Crippen LogP contribution in [0.3, 0.4) is 0 Å². The number of amides is 2. The fraction of sp³-hybridized carbons (Fsp3) is 0.143. The molecule has 0 saturated carbocycles. The molecule has 3 rings (SSSR count). The highest BCUT2D eigenvalue weighted by Crippen LogP contribution is 2.16. The highest BCUT2D eigenvalue weighted by Gasteiger charge is 2.14. The number of para-hydroxylation sites is 1. The van der Waals surface area contributed by atoms with Gasteiger partial charge in [0.1, 0.15) is 5.76 Å². The molecule has 0 aliphatic carbocycles. The van der Waals surface area contributed by atoms with Crippen LogP contribution in [0.25, 0.3) is 0 Å². The summed E-state index contributed by atoms with van der Waals surface area (Å²) in [6.07, 6.45) is 1.82. The lowest BCUT2D eigenvalue weighted by molar-refractivity contribution is -0.115. The van der Waals surface area contributed by atoms with Gasteiger partial charge in [0.25, 0.3) is 5.91 Å². The van der Waals surface area contributed by atoms with Gasteiger partial charge in [0.15, 0.2) is 0 Å². The SMILES string of the molecule is Cc1ccccc1CC(=O)Nc1ccccc1C(=O)NCc1ccco1. The maximum Gasteiger partial charge on any atom is 0.253 e. The molecule has 2 amide bonds. The number of furan rings is 1. The molecule has 0 aliphatic rings. The van der Waals surface area contributed by atoms with Crippen molar-refractivity contribution in [2.45, 2.75) is 19.9 Å². The van der Waals surface area contributed by atoms with Crippen molar-refractivity contribution in [2.24, 2.45) is 0 Å². The molecule has 0 aliphatic heterocycles. The fourth-order valence-corrected chi connectivity index (χ4v) is 2.64. The number of benzene rings is 2. The number of hydrogen-bond donors (Lipinski definition) is 2. The molecule has 0 saturated heterocycles. The number of carbonyl (C=O) groups is 2. The van der Waals surface area contributed by atoms with E-state index >= 15 is 0 Å². The molecule has 0 bridgehead atoms. The summed E-state index contributed by atoms with van der Waals surface area (Å²) in [5.74, 6) is 0.234. The number of hydrogen-bond acceptors (Lipinski definition) is 3. The van der Waals surface area contributed by atoms with Crippen molar-refractivity contribution >= 4 is 17.5 Å². The summed E-state index contributed by atoms with van der Waals surface area (Å²) in [6, 6.07) is 18.2. The van der Waals surface area contributed by atoms with Crippen molar-refractivity contribution in [1.29, 1.82) is 0 Å². The van der Waals surface area contributed by atoms with Gasteiger partial charge in [-0.2, -0.15) is 0 Å². The van der Waals surface area contributed by atoms with Crippen LogP contribution in [0.5, 0.6) is 0 Å². The number of carbonyl (C=O) groups excluding carboxylic acids is 2. The highest BCUT2D eigenvalue weighted by molar-refractivity contribution is 6.04. The fourth-order valence-electron chi connectivity index (χ4n) is 2.64. The van der Waals surface area contributed by atoms with Gasteiger partial charge >= 0.3 is 0 Å². The highest BCUT2D eigenvalue weighted by atomic mass is 16.3. The smallest absolute Gasteiger partial charge is 0.253 e. The Balaban J connectivity index is 1.67. The van der Waals surface area contributed by atoms with Gasteiger partial charge in [-0.1, -0.05) is 36.4 Å². The zero-order chi connectivity index (χ0) is 18.4. The Morgan fingerprint density at radius 1 is 0.962 bits per heavy atom. The van der Waals surface area contributed by atoms with Gasteiger partial charge in [0.05, 0.1) is 30.5 Å². The van der Waals surface area contributed by atoms with Gasteiger partial charge < -0.3 is 15.1 Å². The normalized spacial score (nSPS) is 10.3. The summed E-state index contributed by atoms with van der Waals surface area (Å²) in [4.78, 5) is 24.8. The van der Waals surface area contributed by atoms with Crippen LogP contribution in [0.2, 0.25) is 0 Å². The molecule has 5 nitrogen and oxygen atoms in total. The first-order valence-corrected chi connectivity index (χ1v) is 8.37. The Bertz CT molecular complexity index is 901. The molecule has 5 heteroatoms. The average Bonchev–Trinajstić information content (AvgIpc) is 3.16. The van der Waals surface area contributed by atoms with E-state index in [0.29, 0.717) is 17.0 Å². The van der Waals surface area contributed by atoms with Crippen molar-refractivity contribution < 1.29 is 14.0 Å². The third-order valence-electron chi connectivity index (χ3n) is 4.06. The molecular formula is C21H20N2O3.